The summed E-state index contributed by atoms with van der Waals surface area (Å²) in [5.74, 6) is -0.0826. The third kappa shape index (κ3) is 5.25. The van der Waals surface area contributed by atoms with Gasteiger partial charge in [-0.15, -0.1) is 0 Å². The second-order valence-electron chi connectivity index (χ2n) is 5.88. The lowest BCUT2D eigenvalue weighted by Gasteiger charge is -2.15. The first-order valence-corrected chi connectivity index (χ1v) is 10.6. The molecular weight excluding hydrogens is 346 g/mol. The molecule has 0 spiro atoms. The normalized spacial score (nSPS) is 12.0. The van der Waals surface area contributed by atoms with Crippen LogP contribution >= 0.6 is 11.3 Å². The Morgan fingerprint density at radius 3 is 2.75 bits per heavy atom. The average Bonchev–Trinajstić information content (AvgIpc) is 2.91. The number of sulfone groups is 1. The SMILES string of the molecule is CCCCN(C)CCC(=O)Nc1nc2ccc(S(C)(=O)=O)cc2s1. The Bertz CT molecular complexity index is 815. The smallest absolute Gasteiger partial charge is 0.227 e. The second kappa shape index (κ2) is 8.04. The molecule has 1 aromatic carbocycles. The zero-order valence-electron chi connectivity index (χ0n) is 14.2. The zero-order chi connectivity index (χ0) is 17.7. The standard InChI is InChI=1S/C16H23N3O3S2/c1-4-5-9-19(2)10-8-15(20)18-16-17-13-7-6-12(24(3,21)22)11-14(13)23-16/h6-7,11H,4-5,8-10H2,1-3H3,(H,17,18,20). The van der Waals surface area contributed by atoms with Crippen molar-refractivity contribution in [2.45, 2.75) is 31.1 Å². The maximum Gasteiger partial charge on any atom is 0.227 e. The lowest BCUT2D eigenvalue weighted by atomic mass is 10.3. The van der Waals surface area contributed by atoms with E-state index in [9.17, 15) is 13.2 Å². The van der Waals surface area contributed by atoms with Crippen molar-refractivity contribution in [3.63, 3.8) is 0 Å². The number of aromatic nitrogens is 1. The van der Waals surface area contributed by atoms with Gasteiger partial charge in [0.15, 0.2) is 15.0 Å². The topological polar surface area (TPSA) is 79.4 Å². The van der Waals surface area contributed by atoms with E-state index in [0.29, 0.717) is 23.6 Å². The Morgan fingerprint density at radius 2 is 2.08 bits per heavy atom. The number of carbonyl (C=O) groups is 1. The van der Waals surface area contributed by atoms with Gasteiger partial charge in [-0.1, -0.05) is 24.7 Å². The number of thiazole rings is 1. The molecule has 0 saturated heterocycles. The van der Waals surface area contributed by atoms with Crippen LogP contribution in [0.4, 0.5) is 5.13 Å². The Morgan fingerprint density at radius 1 is 1.33 bits per heavy atom. The fourth-order valence-electron chi connectivity index (χ4n) is 2.20. The second-order valence-corrected chi connectivity index (χ2v) is 8.92. The number of amides is 1. The van der Waals surface area contributed by atoms with Crippen LogP contribution in [0, 0.1) is 0 Å². The van der Waals surface area contributed by atoms with E-state index in [2.05, 4.69) is 22.1 Å². The van der Waals surface area contributed by atoms with E-state index >= 15 is 0 Å². The highest BCUT2D eigenvalue weighted by Crippen LogP contribution is 2.28. The number of unbranched alkanes of at least 4 members (excludes halogenated alkanes) is 1. The molecule has 0 fully saturated rings. The molecular formula is C16H23N3O3S2. The van der Waals surface area contributed by atoms with Crippen molar-refractivity contribution in [2.24, 2.45) is 0 Å². The zero-order valence-corrected chi connectivity index (χ0v) is 15.8. The molecule has 132 valence electrons. The monoisotopic (exact) mass is 369 g/mol. The van der Waals surface area contributed by atoms with Gasteiger partial charge >= 0.3 is 0 Å². The maximum absolute atomic E-state index is 12.0. The van der Waals surface area contributed by atoms with Gasteiger partial charge in [0.25, 0.3) is 0 Å². The molecule has 1 N–H and O–H groups in total. The van der Waals surface area contributed by atoms with E-state index < -0.39 is 9.84 Å². The summed E-state index contributed by atoms with van der Waals surface area (Å²) in [6, 6.07) is 4.79. The highest BCUT2D eigenvalue weighted by molar-refractivity contribution is 7.90. The first-order chi connectivity index (χ1) is 11.3. The van der Waals surface area contributed by atoms with Crippen LogP contribution in [0.1, 0.15) is 26.2 Å². The number of carbonyl (C=O) groups excluding carboxylic acids is 1. The third-order valence-corrected chi connectivity index (χ3v) is 5.69. The van der Waals surface area contributed by atoms with Gasteiger partial charge in [0, 0.05) is 19.2 Å². The molecule has 1 amide bonds. The lowest BCUT2D eigenvalue weighted by molar-refractivity contribution is -0.116. The maximum atomic E-state index is 12.0. The van der Waals surface area contributed by atoms with E-state index in [4.69, 9.17) is 0 Å². The Balaban J connectivity index is 1.98. The first-order valence-electron chi connectivity index (χ1n) is 7.88. The van der Waals surface area contributed by atoms with E-state index in [1.54, 1.807) is 12.1 Å². The minimum Gasteiger partial charge on any atom is -0.306 e. The van der Waals surface area contributed by atoms with Crippen molar-refractivity contribution in [3.05, 3.63) is 18.2 Å². The van der Waals surface area contributed by atoms with Gasteiger partial charge in [-0.05, 0) is 38.2 Å². The average molecular weight is 370 g/mol. The van der Waals surface area contributed by atoms with E-state index in [0.717, 1.165) is 24.1 Å². The number of hydrogen-bond donors (Lipinski definition) is 1. The molecule has 2 aromatic rings. The Kier molecular flexibility index (Phi) is 6.31. The summed E-state index contributed by atoms with van der Waals surface area (Å²) in [7, 11) is -1.24. The molecule has 2 rings (SSSR count). The van der Waals surface area contributed by atoms with Gasteiger partial charge in [-0.25, -0.2) is 13.4 Å². The summed E-state index contributed by atoms with van der Waals surface area (Å²) in [6.07, 6.45) is 3.84. The predicted octanol–water partition coefficient (Wildman–Crippen LogP) is 2.76. The molecule has 24 heavy (non-hydrogen) atoms. The van der Waals surface area contributed by atoms with Crippen molar-refractivity contribution >= 4 is 42.4 Å². The highest BCUT2D eigenvalue weighted by Gasteiger charge is 2.12. The summed E-state index contributed by atoms with van der Waals surface area (Å²) in [6.45, 7) is 3.83. The molecule has 8 heteroatoms. The van der Waals surface area contributed by atoms with Crippen LogP contribution in [0.15, 0.2) is 23.1 Å². The van der Waals surface area contributed by atoms with Gasteiger partial charge in [0.1, 0.15) is 0 Å². The summed E-state index contributed by atoms with van der Waals surface area (Å²) >= 11 is 1.28. The number of fused-ring (bicyclic) bond motifs is 1. The number of benzene rings is 1. The first kappa shape index (κ1) is 18.8. The summed E-state index contributed by atoms with van der Waals surface area (Å²) in [5.41, 5.74) is 0.683. The van der Waals surface area contributed by atoms with Crippen LogP contribution in [0.25, 0.3) is 10.2 Å². The van der Waals surface area contributed by atoms with Crippen LogP contribution in [0.5, 0.6) is 0 Å². The minimum atomic E-state index is -3.25. The van der Waals surface area contributed by atoms with Crippen LogP contribution in [0.2, 0.25) is 0 Å². The van der Waals surface area contributed by atoms with Crippen molar-refractivity contribution in [2.75, 3.05) is 31.7 Å². The van der Waals surface area contributed by atoms with Gasteiger partial charge in [-0.2, -0.15) is 0 Å². The molecule has 0 unspecified atom stereocenters. The van der Waals surface area contributed by atoms with Gasteiger partial charge in [-0.3, -0.25) is 4.79 Å². The molecule has 1 aromatic heterocycles. The number of rotatable bonds is 8. The molecule has 1 heterocycles. The molecule has 0 saturated carbocycles. The minimum absolute atomic E-state index is 0.0826. The van der Waals surface area contributed by atoms with Gasteiger partial charge in [0.05, 0.1) is 15.1 Å². The fraction of sp³-hybridized carbons (Fsp3) is 0.500. The van der Waals surface area contributed by atoms with E-state index in [1.165, 1.54) is 23.7 Å². The molecule has 0 aliphatic rings. The van der Waals surface area contributed by atoms with Crippen molar-refractivity contribution in [1.82, 2.24) is 9.88 Å². The molecule has 6 nitrogen and oxygen atoms in total. The number of nitrogens with one attached hydrogen (secondary N) is 1. The van der Waals surface area contributed by atoms with E-state index in [1.807, 2.05) is 7.05 Å². The van der Waals surface area contributed by atoms with Crippen LogP contribution < -0.4 is 5.32 Å². The lowest BCUT2D eigenvalue weighted by Crippen LogP contribution is -2.25. The van der Waals surface area contributed by atoms with Gasteiger partial charge < -0.3 is 10.2 Å². The molecule has 0 aliphatic carbocycles. The molecule has 0 bridgehead atoms. The highest BCUT2D eigenvalue weighted by atomic mass is 32.2. The van der Waals surface area contributed by atoms with Crippen LogP contribution in [-0.4, -0.2) is 50.6 Å². The molecule has 0 atom stereocenters. The molecule has 0 radical (unpaired) electrons. The van der Waals surface area contributed by atoms with Crippen molar-refractivity contribution in [3.8, 4) is 0 Å². The van der Waals surface area contributed by atoms with Crippen LogP contribution in [-0.2, 0) is 14.6 Å². The van der Waals surface area contributed by atoms with Crippen molar-refractivity contribution in [1.29, 1.82) is 0 Å². The summed E-state index contributed by atoms with van der Waals surface area (Å²) in [5, 5.41) is 3.29. The Hall–Kier alpha value is -1.51. The quantitative estimate of drug-likeness (QED) is 0.774. The third-order valence-electron chi connectivity index (χ3n) is 3.65. The summed E-state index contributed by atoms with van der Waals surface area (Å²) < 4.78 is 23.9. The predicted molar refractivity (Wildman–Crippen MR) is 98.4 cm³/mol. The summed E-state index contributed by atoms with van der Waals surface area (Å²) in [4.78, 5) is 18.8. The number of anilines is 1. The fourth-order valence-corrected chi connectivity index (χ4v) is 3.85. The largest absolute Gasteiger partial charge is 0.306 e. The van der Waals surface area contributed by atoms with Gasteiger partial charge in [0.2, 0.25) is 5.91 Å². The van der Waals surface area contributed by atoms with E-state index in [-0.39, 0.29) is 10.8 Å². The molecule has 0 aliphatic heterocycles. The number of nitrogens with zero attached hydrogens (tertiary/aromatic N) is 2. The Labute approximate surface area is 146 Å². The van der Waals surface area contributed by atoms with Crippen LogP contribution in [0.3, 0.4) is 0 Å². The van der Waals surface area contributed by atoms with Crippen molar-refractivity contribution < 1.29 is 13.2 Å². The number of hydrogen-bond acceptors (Lipinski definition) is 6.